The second-order valence-corrected chi connectivity index (χ2v) is 6.00. The monoisotopic (exact) mass is 265 g/mol. The maximum atomic E-state index is 5.22. The van der Waals surface area contributed by atoms with Gasteiger partial charge in [0.2, 0.25) is 0 Å². The highest BCUT2D eigenvalue weighted by Crippen LogP contribution is 2.18. The van der Waals surface area contributed by atoms with Crippen LogP contribution < -0.4 is 10.2 Å². The smallest absolute Gasteiger partial charge is 0.133 e. The quantitative estimate of drug-likeness (QED) is 0.857. The van der Waals surface area contributed by atoms with Crippen molar-refractivity contribution in [2.24, 2.45) is 0 Å². The Morgan fingerprint density at radius 1 is 1.42 bits per heavy atom. The van der Waals surface area contributed by atoms with Gasteiger partial charge in [0.05, 0.1) is 12.6 Å². The molecule has 0 bridgehead atoms. The summed E-state index contributed by atoms with van der Waals surface area (Å²) in [5.41, 5.74) is 1.31. The van der Waals surface area contributed by atoms with Crippen LogP contribution in [0.15, 0.2) is 18.3 Å². The average molecular weight is 265 g/mol. The molecule has 4 heteroatoms. The largest absolute Gasteiger partial charge is 0.383 e. The van der Waals surface area contributed by atoms with Gasteiger partial charge in [-0.25, -0.2) is 4.98 Å². The SMILES string of the molecule is COCC(C)N(C)c1ncccc1CNC(C)(C)C. The van der Waals surface area contributed by atoms with E-state index in [-0.39, 0.29) is 5.54 Å². The molecule has 0 aliphatic rings. The van der Waals surface area contributed by atoms with E-state index in [0.29, 0.717) is 12.6 Å². The first-order chi connectivity index (χ1) is 8.85. The van der Waals surface area contributed by atoms with Crippen LogP contribution in [0, 0.1) is 0 Å². The van der Waals surface area contributed by atoms with Gasteiger partial charge in [-0.05, 0) is 33.8 Å². The molecule has 1 aromatic rings. The summed E-state index contributed by atoms with van der Waals surface area (Å²) in [6.07, 6.45) is 1.84. The molecule has 4 nitrogen and oxygen atoms in total. The fraction of sp³-hybridized carbons (Fsp3) is 0.667. The zero-order chi connectivity index (χ0) is 14.5. The van der Waals surface area contributed by atoms with Gasteiger partial charge in [-0.15, -0.1) is 0 Å². The molecule has 0 saturated heterocycles. The van der Waals surface area contributed by atoms with Crippen molar-refractivity contribution in [2.45, 2.75) is 45.8 Å². The van der Waals surface area contributed by atoms with Crippen molar-refractivity contribution in [3.63, 3.8) is 0 Å². The fourth-order valence-corrected chi connectivity index (χ4v) is 1.81. The van der Waals surface area contributed by atoms with Crippen LogP contribution in [0.2, 0.25) is 0 Å². The van der Waals surface area contributed by atoms with E-state index in [0.717, 1.165) is 12.4 Å². The average Bonchev–Trinajstić information content (AvgIpc) is 2.35. The van der Waals surface area contributed by atoms with Crippen LogP contribution in [0.4, 0.5) is 5.82 Å². The summed E-state index contributed by atoms with van der Waals surface area (Å²) in [5.74, 6) is 1.02. The third-order valence-corrected chi connectivity index (χ3v) is 3.08. The molecule has 0 aliphatic carbocycles. The molecule has 0 spiro atoms. The number of methoxy groups -OCH3 is 1. The summed E-state index contributed by atoms with van der Waals surface area (Å²) in [5, 5.41) is 3.51. The number of ether oxygens (including phenoxy) is 1. The lowest BCUT2D eigenvalue weighted by molar-refractivity contribution is 0.183. The minimum Gasteiger partial charge on any atom is -0.383 e. The Balaban J connectivity index is 2.83. The Morgan fingerprint density at radius 2 is 2.11 bits per heavy atom. The van der Waals surface area contributed by atoms with E-state index in [4.69, 9.17) is 4.74 Å². The van der Waals surface area contributed by atoms with Crippen molar-refractivity contribution >= 4 is 5.82 Å². The number of likely N-dealkylation sites (N-methyl/N-ethyl adjacent to an activating group) is 1. The highest BCUT2D eigenvalue weighted by molar-refractivity contribution is 5.46. The van der Waals surface area contributed by atoms with Gasteiger partial charge in [0.15, 0.2) is 0 Å². The van der Waals surface area contributed by atoms with Crippen molar-refractivity contribution in [3.8, 4) is 0 Å². The Kier molecular flexibility index (Phi) is 5.76. The van der Waals surface area contributed by atoms with E-state index in [1.807, 2.05) is 12.3 Å². The Morgan fingerprint density at radius 3 is 2.68 bits per heavy atom. The second-order valence-electron chi connectivity index (χ2n) is 6.00. The molecule has 1 unspecified atom stereocenters. The second kappa shape index (κ2) is 6.87. The molecule has 108 valence electrons. The van der Waals surface area contributed by atoms with Crippen molar-refractivity contribution in [1.82, 2.24) is 10.3 Å². The predicted octanol–water partition coefficient (Wildman–Crippen LogP) is 2.44. The van der Waals surface area contributed by atoms with Gasteiger partial charge in [-0.3, -0.25) is 0 Å². The molecule has 0 amide bonds. The minimum absolute atomic E-state index is 0.101. The molecule has 19 heavy (non-hydrogen) atoms. The molecule has 1 N–H and O–H groups in total. The normalized spacial score (nSPS) is 13.4. The van der Waals surface area contributed by atoms with Crippen molar-refractivity contribution in [1.29, 1.82) is 0 Å². The van der Waals surface area contributed by atoms with E-state index >= 15 is 0 Å². The predicted molar refractivity (Wildman–Crippen MR) is 80.6 cm³/mol. The van der Waals surface area contributed by atoms with E-state index in [1.165, 1.54) is 5.56 Å². The number of nitrogens with one attached hydrogen (secondary N) is 1. The minimum atomic E-state index is 0.101. The van der Waals surface area contributed by atoms with Gasteiger partial charge in [0.1, 0.15) is 5.82 Å². The molecule has 1 atom stereocenters. The van der Waals surface area contributed by atoms with Gasteiger partial charge in [-0.2, -0.15) is 0 Å². The first-order valence-corrected chi connectivity index (χ1v) is 6.76. The number of rotatable bonds is 6. The van der Waals surface area contributed by atoms with Gasteiger partial charge in [0.25, 0.3) is 0 Å². The molecule has 1 aromatic heterocycles. The Labute approximate surface area is 117 Å². The maximum Gasteiger partial charge on any atom is 0.133 e. The molecule has 0 saturated carbocycles. The highest BCUT2D eigenvalue weighted by Gasteiger charge is 2.16. The number of pyridine rings is 1. The third-order valence-electron chi connectivity index (χ3n) is 3.08. The topological polar surface area (TPSA) is 37.4 Å². The molecular formula is C15H27N3O. The standard InChI is InChI=1S/C15H27N3O/c1-12(11-19-6)18(5)14-13(8-7-9-16-14)10-17-15(2,3)4/h7-9,12,17H,10-11H2,1-6H3. The number of nitrogens with zero attached hydrogens (tertiary/aromatic N) is 2. The molecule has 1 rings (SSSR count). The van der Waals surface area contributed by atoms with E-state index in [9.17, 15) is 0 Å². The first kappa shape index (κ1) is 15.9. The zero-order valence-corrected chi connectivity index (χ0v) is 13.0. The fourth-order valence-electron chi connectivity index (χ4n) is 1.81. The van der Waals surface area contributed by atoms with Crippen LogP contribution in [0.25, 0.3) is 0 Å². The lowest BCUT2D eigenvalue weighted by Gasteiger charge is -2.28. The van der Waals surface area contributed by atoms with Gasteiger partial charge in [0, 0.05) is 38.0 Å². The maximum absolute atomic E-state index is 5.22. The summed E-state index contributed by atoms with van der Waals surface area (Å²) in [6.45, 7) is 10.1. The van der Waals surface area contributed by atoms with Crippen LogP contribution in [-0.2, 0) is 11.3 Å². The molecule has 0 aliphatic heterocycles. The van der Waals surface area contributed by atoms with Crippen LogP contribution in [0.5, 0.6) is 0 Å². The highest BCUT2D eigenvalue weighted by atomic mass is 16.5. The van der Waals surface area contributed by atoms with Crippen molar-refractivity contribution < 1.29 is 4.74 Å². The summed E-state index contributed by atoms with van der Waals surface area (Å²) in [6, 6.07) is 4.41. The van der Waals surface area contributed by atoms with E-state index in [1.54, 1.807) is 7.11 Å². The van der Waals surface area contributed by atoms with Gasteiger partial charge in [-0.1, -0.05) is 6.07 Å². The van der Waals surface area contributed by atoms with Gasteiger partial charge >= 0.3 is 0 Å². The Hall–Kier alpha value is -1.13. The summed E-state index contributed by atoms with van der Waals surface area (Å²) in [4.78, 5) is 6.68. The Bertz CT molecular complexity index is 387. The number of aromatic nitrogens is 1. The molecule has 0 fully saturated rings. The molecular weight excluding hydrogens is 238 g/mol. The zero-order valence-electron chi connectivity index (χ0n) is 13.0. The van der Waals surface area contributed by atoms with Crippen LogP contribution in [0.1, 0.15) is 33.3 Å². The number of hydrogen-bond acceptors (Lipinski definition) is 4. The van der Waals surface area contributed by atoms with Crippen LogP contribution >= 0.6 is 0 Å². The molecule has 1 heterocycles. The molecule has 0 radical (unpaired) electrons. The number of hydrogen-bond donors (Lipinski definition) is 1. The van der Waals surface area contributed by atoms with E-state index < -0.39 is 0 Å². The van der Waals surface area contributed by atoms with Crippen LogP contribution in [0.3, 0.4) is 0 Å². The number of anilines is 1. The third kappa shape index (κ3) is 5.17. The molecule has 0 aromatic carbocycles. The lowest BCUT2D eigenvalue weighted by atomic mass is 10.1. The summed E-state index contributed by atoms with van der Waals surface area (Å²) >= 11 is 0. The van der Waals surface area contributed by atoms with E-state index in [2.05, 4.69) is 56.0 Å². The first-order valence-electron chi connectivity index (χ1n) is 6.76. The summed E-state index contributed by atoms with van der Waals surface area (Å²) in [7, 11) is 3.79. The van der Waals surface area contributed by atoms with Crippen LogP contribution in [-0.4, -0.2) is 37.3 Å². The van der Waals surface area contributed by atoms with Gasteiger partial charge < -0.3 is 15.0 Å². The van der Waals surface area contributed by atoms with Crippen molar-refractivity contribution in [3.05, 3.63) is 23.9 Å². The summed E-state index contributed by atoms with van der Waals surface area (Å²) < 4.78 is 5.22. The van der Waals surface area contributed by atoms with Crippen molar-refractivity contribution in [2.75, 3.05) is 25.7 Å². The lowest BCUT2D eigenvalue weighted by Crippen LogP contribution is -2.37.